The molecule has 0 amide bonds. The van der Waals surface area contributed by atoms with Gasteiger partial charge in [0, 0.05) is 18.1 Å². The molecule has 0 saturated carbocycles. The highest BCUT2D eigenvalue weighted by atomic mass is 19.1. The molecule has 1 rings (SSSR count). The van der Waals surface area contributed by atoms with Gasteiger partial charge in [0.15, 0.2) is 0 Å². The van der Waals surface area contributed by atoms with Crippen LogP contribution in [0.1, 0.15) is 32.3 Å². The van der Waals surface area contributed by atoms with E-state index in [0.717, 1.165) is 6.42 Å². The van der Waals surface area contributed by atoms with Crippen LogP contribution in [0.4, 0.5) is 4.39 Å². The maximum absolute atomic E-state index is 13.3. The molecule has 0 spiro atoms. The summed E-state index contributed by atoms with van der Waals surface area (Å²) >= 11 is 0. The van der Waals surface area contributed by atoms with Crippen LogP contribution in [0.3, 0.4) is 0 Å². The van der Waals surface area contributed by atoms with E-state index in [0.29, 0.717) is 30.3 Å². The Hall–Kier alpha value is -1.53. The number of aliphatic hydroxyl groups excluding tert-OH is 1. The third-order valence-electron chi connectivity index (χ3n) is 2.57. The van der Waals surface area contributed by atoms with Gasteiger partial charge in [-0.1, -0.05) is 32.1 Å². The number of hydrogen-bond acceptors (Lipinski definition) is 2. The van der Waals surface area contributed by atoms with Crippen LogP contribution < -0.4 is 4.74 Å². The molecule has 0 bridgehead atoms. The summed E-state index contributed by atoms with van der Waals surface area (Å²) in [5.74, 6) is 6.15. The van der Waals surface area contributed by atoms with Gasteiger partial charge < -0.3 is 9.84 Å². The molecule has 0 aliphatic carbocycles. The monoisotopic (exact) mass is 250 g/mol. The van der Waals surface area contributed by atoms with Crippen LogP contribution in [0, 0.1) is 23.6 Å². The Morgan fingerprint density at radius 1 is 1.39 bits per heavy atom. The summed E-state index contributed by atoms with van der Waals surface area (Å²) in [5, 5.41) is 8.62. The summed E-state index contributed by atoms with van der Waals surface area (Å²) in [5.41, 5.74) is 0.572. The Morgan fingerprint density at radius 3 is 2.83 bits per heavy atom. The minimum atomic E-state index is -0.357. The first kappa shape index (κ1) is 14.5. The zero-order chi connectivity index (χ0) is 13.4. The van der Waals surface area contributed by atoms with E-state index in [1.54, 1.807) is 6.07 Å². The van der Waals surface area contributed by atoms with E-state index in [9.17, 15) is 4.39 Å². The van der Waals surface area contributed by atoms with Gasteiger partial charge >= 0.3 is 0 Å². The van der Waals surface area contributed by atoms with Gasteiger partial charge in [-0.05, 0) is 18.1 Å². The zero-order valence-corrected chi connectivity index (χ0v) is 10.9. The Bertz CT molecular complexity index is 432. The Labute approximate surface area is 108 Å². The molecule has 0 fully saturated rings. The van der Waals surface area contributed by atoms with Gasteiger partial charge in [-0.3, -0.25) is 0 Å². The van der Waals surface area contributed by atoms with Gasteiger partial charge in [-0.15, -0.1) is 0 Å². The van der Waals surface area contributed by atoms with E-state index in [-0.39, 0.29) is 12.4 Å². The summed E-state index contributed by atoms with van der Waals surface area (Å²) in [6.07, 6.45) is 1.41. The fourth-order valence-corrected chi connectivity index (χ4v) is 1.30. The molecule has 0 aliphatic rings. The van der Waals surface area contributed by atoms with Crippen molar-refractivity contribution in [2.75, 3.05) is 13.2 Å². The minimum absolute atomic E-state index is 0.0136. The molecule has 2 nitrogen and oxygen atoms in total. The third kappa shape index (κ3) is 5.20. The lowest BCUT2D eigenvalue weighted by molar-refractivity contribution is 0.255. The second-order valence-corrected chi connectivity index (χ2v) is 4.28. The quantitative estimate of drug-likeness (QED) is 0.814. The predicted octanol–water partition coefficient (Wildman–Crippen LogP) is 2.98. The van der Waals surface area contributed by atoms with Crippen LogP contribution in [0.25, 0.3) is 0 Å². The van der Waals surface area contributed by atoms with Crippen molar-refractivity contribution in [1.82, 2.24) is 0 Å². The van der Waals surface area contributed by atoms with Crippen molar-refractivity contribution < 1.29 is 14.2 Å². The van der Waals surface area contributed by atoms with Crippen LogP contribution in [-0.4, -0.2) is 18.3 Å². The molecule has 98 valence electrons. The average molecular weight is 250 g/mol. The van der Waals surface area contributed by atoms with Gasteiger partial charge in [-0.2, -0.15) is 0 Å². The largest absolute Gasteiger partial charge is 0.493 e. The lowest BCUT2D eigenvalue weighted by Gasteiger charge is -2.11. The lowest BCUT2D eigenvalue weighted by Crippen LogP contribution is -2.07. The van der Waals surface area contributed by atoms with Gasteiger partial charge in [0.05, 0.1) is 13.2 Å². The highest BCUT2D eigenvalue weighted by Crippen LogP contribution is 2.17. The van der Waals surface area contributed by atoms with Crippen molar-refractivity contribution in [3.63, 3.8) is 0 Å². The number of aliphatic hydroxyl groups is 1. The number of ether oxygens (including phenoxy) is 1. The van der Waals surface area contributed by atoms with Crippen molar-refractivity contribution >= 4 is 0 Å². The van der Waals surface area contributed by atoms with E-state index in [2.05, 4.69) is 25.7 Å². The molecule has 1 aromatic rings. The van der Waals surface area contributed by atoms with E-state index < -0.39 is 0 Å². The molecule has 1 atom stereocenters. The first-order chi connectivity index (χ1) is 8.65. The second-order valence-electron chi connectivity index (χ2n) is 4.28. The van der Waals surface area contributed by atoms with E-state index in [1.165, 1.54) is 12.1 Å². The maximum atomic E-state index is 13.3. The van der Waals surface area contributed by atoms with Gasteiger partial charge in [0.2, 0.25) is 0 Å². The maximum Gasteiger partial charge on any atom is 0.128 e. The minimum Gasteiger partial charge on any atom is -0.493 e. The van der Waals surface area contributed by atoms with Gasteiger partial charge in [0.25, 0.3) is 0 Å². The zero-order valence-electron chi connectivity index (χ0n) is 10.9. The highest BCUT2D eigenvalue weighted by molar-refractivity contribution is 5.40. The Balaban J connectivity index is 2.72. The first-order valence-electron chi connectivity index (χ1n) is 6.18. The van der Waals surface area contributed by atoms with Crippen molar-refractivity contribution in [3.05, 3.63) is 29.6 Å². The smallest absolute Gasteiger partial charge is 0.128 e. The highest BCUT2D eigenvalue weighted by Gasteiger charge is 2.03. The standard InChI is InChI=1S/C15H19FO2/c1-3-12(2)11-18-15-9-13(6-4-5-7-17)8-14(16)10-15/h8-10,12,17H,3,5,7,11H2,1-2H3. The summed E-state index contributed by atoms with van der Waals surface area (Å²) in [4.78, 5) is 0. The van der Waals surface area contributed by atoms with Crippen molar-refractivity contribution in [3.8, 4) is 17.6 Å². The van der Waals surface area contributed by atoms with E-state index in [4.69, 9.17) is 9.84 Å². The topological polar surface area (TPSA) is 29.5 Å². The molecule has 0 heterocycles. The van der Waals surface area contributed by atoms with Crippen molar-refractivity contribution in [1.29, 1.82) is 0 Å². The number of halogens is 1. The SMILES string of the molecule is CCC(C)COc1cc(F)cc(C#CCCO)c1. The van der Waals surface area contributed by atoms with E-state index >= 15 is 0 Å². The molecule has 1 N–H and O–H groups in total. The van der Waals surface area contributed by atoms with Crippen LogP contribution in [0.2, 0.25) is 0 Å². The molecule has 0 aromatic heterocycles. The summed E-state index contributed by atoms with van der Waals surface area (Å²) in [6.45, 7) is 4.76. The summed E-state index contributed by atoms with van der Waals surface area (Å²) in [6, 6.07) is 4.44. The molecule has 18 heavy (non-hydrogen) atoms. The van der Waals surface area contributed by atoms with Crippen LogP contribution in [0.5, 0.6) is 5.75 Å². The number of rotatable bonds is 5. The summed E-state index contributed by atoms with van der Waals surface area (Å²) < 4.78 is 18.9. The normalized spacial score (nSPS) is 11.6. The molecular formula is C15H19FO2. The first-order valence-corrected chi connectivity index (χ1v) is 6.18. The number of benzene rings is 1. The van der Waals surface area contributed by atoms with Gasteiger partial charge in [-0.25, -0.2) is 4.39 Å². The van der Waals surface area contributed by atoms with Gasteiger partial charge in [0.1, 0.15) is 11.6 Å². The Kier molecular flexibility index (Phi) is 6.24. The molecule has 0 radical (unpaired) electrons. The molecule has 0 saturated heterocycles. The lowest BCUT2D eigenvalue weighted by atomic mass is 10.1. The Morgan fingerprint density at radius 2 is 2.17 bits per heavy atom. The fraction of sp³-hybridized carbons (Fsp3) is 0.467. The molecule has 3 heteroatoms. The summed E-state index contributed by atoms with van der Waals surface area (Å²) in [7, 11) is 0. The molecular weight excluding hydrogens is 231 g/mol. The second kappa shape index (κ2) is 7.73. The molecule has 0 aliphatic heterocycles. The molecule has 1 unspecified atom stereocenters. The van der Waals surface area contributed by atoms with Crippen molar-refractivity contribution in [2.45, 2.75) is 26.7 Å². The average Bonchev–Trinajstić information content (AvgIpc) is 2.35. The third-order valence-corrected chi connectivity index (χ3v) is 2.57. The van der Waals surface area contributed by atoms with Crippen LogP contribution >= 0.6 is 0 Å². The predicted molar refractivity (Wildman–Crippen MR) is 69.9 cm³/mol. The van der Waals surface area contributed by atoms with Crippen LogP contribution in [-0.2, 0) is 0 Å². The van der Waals surface area contributed by atoms with E-state index in [1.807, 2.05) is 0 Å². The molecule has 1 aromatic carbocycles. The fourth-order valence-electron chi connectivity index (χ4n) is 1.30. The van der Waals surface area contributed by atoms with Crippen LogP contribution in [0.15, 0.2) is 18.2 Å². The van der Waals surface area contributed by atoms with Crippen molar-refractivity contribution in [2.24, 2.45) is 5.92 Å². The number of hydrogen-bond donors (Lipinski definition) is 1.